The van der Waals surface area contributed by atoms with Crippen molar-refractivity contribution in [3.8, 4) is 11.1 Å². The zero-order chi connectivity index (χ0) is 21.6. The number of amides is 1. The molecule has 4 rings (SSSR count). The van der Waals surface area contributed by atoms with Gasteiger partial charge in [-0.25, -0.2) is 4.79 Å². The number of carbonyl (C=O) groups is 2. The van der Waals surface area contributed by atoms with Gasteiger partial charge in [-0.2, -0.15) is 0 Å². The van der Waals surface area contributed by atoms with E-state index in [0.29, 0.717) is 25.3 Å². The average Bonchev–Trinajstić information content (AvgIpc) is 3.11. The molecule has 1 aliphatic carbocycles. The molecule has 5 heteroatoms. The molecule has 156 valence electrons. The Morgan fingerprint density at radius 1 is 1.00 bits per heavy atom. The standard InChI is InChI=1S/C26H24N2O3/c1-18(29)25-14-13-19(16-28-25)8-6-7-15-27-26(30)31-17-24-22-11-4-2-9-20(22)21-10-3-5-12-23(21)24/h2-6,8-14,16,24H,7,15,17H2,1H3,(H,27,30). The van der Waals surface area contributed by atoms with E-state index in [0.717, 1.165) is 5.56 Å². The number of hydrogen-bond acceptors (Lipinski definition) is 4. The number of pyridine rings is 1. The van der Waals surface area contributed by atoms with Crippen LogP contribution in [0.15, 0.2) is 72.9 Å². The van der Waals surface area contributed by atoms with Crippen molar-refractivity contribution in [2.75, 3.05) is 13.2 Å². The quantitative estimate of drug-likeness (QED) is 0.426. The molecule has 3 aromatic rings. The molecule has 1 heterocycles. The van der Waals surface area contributed by atoms with Gasteiger partial charge in [0.25, 0.3) is 0 Å². The van der Waals surface area contributed by atoms with Gasteiger partial charge in [-0.1, -0.05) is 66.7 Å². The minimum Gasteiger partial charge on any atom is -0.449 e. The van der Waals surface area contributed by atoms with Gasteiger partial charge in [0.2, 0.25) is 0 Å². The number of aromatic nitrogens is 1. The Bertz CT molecular complexity index is 1070. The lowest BCUT2D eigenvalue weighted by molar-refractivity contribution is 0.101. The Morgan fingerprint density at radius 3 is 2.29 bits per heavy atom. The van der Waals surface area contributed by atoms with Gasteiger partial charge in [0.15, 0.2) is 5.78 Å². The highest BCUT2D eigenvalue weighted by Gasteiger charge is 2.28. The van der Waals surface area contributed by atoms with Crippen molar-refractivity contribution in [3.63, 3.8) is 0 Å². The summed E-state index contributed by atoms with van der Waals surface area (Å²) in [5.74, 6) is 0.00587. The molecule has 1 N–H and O–H groups in total. The molecular weight excluding hydrogens is 388 g/mol. The summed E-state index contributed by atoms with van der Waals surface area (Å²) in [4.78, 5) is 27.5. The highest BCUT2D eigenvalue weighted by atomic mass is 16.5. The van der Waals surface area contributed by atoms with Crippen molar-refractivity contribution in [1.29, 1.82) is 0 Å². The van der Waals surface area contributed by atoms with Crippen LogP contribution in [0.25, 0.3) is 17.2 Å². The van der Waals surface area contributed by atoms with Crippen molar-refractivity contribution < 1.29 is 14.3 Å². The molecule has 0 radical (unpaired) electrons. The lowest BCUT2D eigenvalue weighted by Gasteiger charge is -2.14. The average molecular weight is 412 g/mol. The van der Waals surface area contributed by atoms with Crippen LogP contribution >= 0.6 is 0 Å². The number of benzene rings is 2. The fraction of sp³-hybridized carbons (Fsp3) is 0.192. The molecule has 2 aromatic carbocycles. The van der Waals surface area contributed by atoms with Crippen molar-refractivity contribution in [2.45, 2.75) is 19.3 Å². The molecular formula is C26H24N2O3. The van der Waals surface area contributed by atoms with E-state index >= 15 is 0 Å². The van der Waals surface area contributed by atoms with Gasteiger partial charge < -0.3 is 10.1 Å². The van der Waals surface area contributed by atoms with E-state index in [1.807, 2.05) is 42.5 Å². The predicted molar refractivity (Wildman–Crippen MR) is 121 cm³/mol. The van der Waals surface area contributed by atoms with E-state index in [1.165, 1.54) is 29.2 Å². The summed E-state index contributed by atoms with van der Waals surface area (Å²) in [6, 6.07) is 20.1. The van der Waals surface area contributed by atoms with Crippen LogP contribution < -0.4 is 5.32 Å². The van der Waals surface area contributed by atoms with E-state index in [1.54, 1.807) is 12.3 Å². The number of ketones is 1. The minimum absolute atomic E-state index is 0.0529. The maximum absolute atomic E-state index is 12.2. The molecule has 31 heavy (non-hydrogen) atoms. The van der Waals surface area contributed by atoms with Crippen LogP contribution in [-0.2, 0) is 4.74 Å². The molecule has 5 nitrogen and oxygen atoms in total. The predicted octanol–water partition coefficient (Wildman–Crippen LogP) is 5.23. The monoisotopic (exact) mass is 412 g/mol. The largest absolute Gasteiger partial charge is 0.449 e. The number of hydrogen-bond donors (Lipinski definition) is 1. The molecule has 1 aromatic heterocycles. The SMILES string of the molecule is CC(=O)c1ccc(C=CCCNC(=O)OCC2c3ccccc3-c3ccccc32)cn1. The van der Waals surface area contributed by atoms with Gasteiger partial charge in [-0.15, -0.1) is 0 Å². The molecule has 0 atom stereocenters. The van der Waals surface area contributed by atoms with E-state index < -0.39 is 6.09 Å². The van der Waals surface area contributed by atoms with Crippen LogP contribution in [0.3, 0.4) is 0 Å². The molecule has 0 bridgehead atoms. The molecule has 0 unspecified atom stereocenters. The van der Waals surface area contributed by atoms with Crippen molar-refractivity contribution in [2.24, 2.45) is 0 Å². The second kappa shape index (κ2) is 9.39. The Labute approximate surface area is 181 Å². The summed E-state index contributed by atoms with van der Waals surface area (Å²) in [5.41, 5.74) is 6.18. The topological polar surface area (TPSA) is 68.3 Å². The molecule has 0 saturated carbocycles. The second-order valence-electron chi connectivity index (χ2n) is 7.48. The Morgan fingerprint density at radius 2 is 1.68 bits per heavy atom. The first-order chi connectivity index (χ1) is 15.1. The zero-order valence-corrected chi connectivity index (χ0v) is 17.4. The summed E-state index contributed by atoms with van der Waals surface area (Å²) in [5, 5.41) is 2.79. The van der Waals surface area contributed by atoms with E-state index in [9.17, 15) is 9.59 Å². The number of carbonyl (C=O) groups excluding carboxylic acids is 2. The zero-order valence-electron chi connectivity index (χ0n) is 17.4. The number of Topliss-reactive ketones (excluding diaryl/α,β-unsaturated/α-hetero) is 1. The van der Waals surface area contributed by atoms with E-state index in [-0.39, 0.29) is 11.7 Å². The molecule has 0 aliphatic heterocycles. The summed E-state index contributed by atoms with van der Waals surface area (Å²) in [6.45, 7) is 2.28. The van der Waals surface area contributed by atoms with Crippen molar-refractivity contribution >= 4 is 18.0 Å². The van der Waals surface area contributed by atoms with Crippen LogP contribution in [-0.4, -0.2) is 30.0 Å². The third kappa shape index (κ3) is 4.72. The van der Waals surface area contributed by atoms with Gasteiger partial charge >= 0.3 is 6.09 Å². The van der Waals surface area contributed by atoms with Crippen LogP contribution in [0.2, 0.25) is 0 Å². The summed E-state index contributed by atoms with van der Waals surface area (Å²) in [7, 11) is 0. The highest BCUT2D eigenvalue weighted by molar-refractivity contribution is 5.92. The maximum Gasteiger partial charge on any atom is 0.407 e. The Balaban J connectivity index is 1.25. The third-order valence-corrected chi connectivity index (χ3v) is 5.38. The van der Waals surface area contributed by atoms with Crippen LogP contribution in [0.5, 0.6) is 0 Å². The first-order valence-electron chi connectivity index (χ1n) is 10.4. The molecule has 1 amide bonds. The smallest absolute Gasteiger partial charge is 0.407 e. The number of fused-ring (bicyclic) bond motifs is 3. The summed E-state index contributed by atoms with van der Waals surface area (Å²) < 4.78 is 5.52. The normalized spacial score (nSPS) is 12.4. The van der Waals surface area contributed by atoms with Gasteiger partial charge in [-0.3, -0.25) is 9.78 Å². The van der Waals surface area contributed by atoms with Crippen LogP contribution in [0.1, 0.15) is 46.4 Å². The number of alkyl carbamates (subject to hydrolysis) is 1. The number of nitrogens with one attached hydrogen (secondary N) is 1. The lowest BCUT2D eigenvalue weighted by Crippen LogP contribution is -2.26. The van der Waals surface area contributed by atoms with E-state index in [4.69, 9.17) is 4.74 Å². The Kier molecular flexibility index (Phi) is 6.22. The Hall–Kier alpha value is -3.73. The van der Waals surface area contributed by atoms with Gasteiger partial charge in [0.05, 0.1) is 0 Å². The van der Waals surface area contributed by atoms with Gasteiger partial charge in [0.1, 0.15) is 12.3 Å². The number of rotatable bonds is 7. The maximum atomic E-state index is 12.2. The van der Waals surface area contributed by atoms with Crippen LogP contribution in [0.4, 0.5) is 4.79 Å². The molecule has 1 aliphatic rings. The fourth-order valence-electron chi connectivity index (χ4n) is 3.84. The molecule has 0 saturated heterocycles. The van der Waals surface area contributed by atoms with Crippen LogP contribution in [0, 0.1) is 0 Å². The van der Waals surface area contributed by atoms with Gasteiger partial charge in [0, 0.05) is 25.6 Å². The van der Waals surface area contributed by atoms with E-state index in [2.05, 4.69) is 34.6 Å². The molecule has 0 fully saturated rings. The first-order valence-corrected chi connectivity index (χ1v) is 10.4. The second-order valence-corrected chi connectivity index (χ2v) is 7.48. The van der Waals surface area contributed by atoms with Gasteiger partial charge in [-0.05, 0) is 40.3 Å². The number of nitrogens with zero attached hydrogens (tertiary/aromatic N) is 1. The number of ether oxygens (including phenoxy) is 1. The lowest BCUT2D eigenvalue weighted by atomic mass is 9.98. The highest BCUT2D eigenvalue weighted by Crippen LogP contribution is 2.44. The summed E-state index contributed by atoms with van der Waals surface area (Å²) in [6.07, 6.45) is 5.78. The molecule has 0 spiro atoms. The minimum atomic E-state index is -0.414. The third-order valence-electron chi connectivity index (χ3n) is 5.38. The van der Waals surface area contributed by atoms with Crippen molar-refractivity contribution in [1.82, 2.24) is 10.3 Å². The summed E-state index contributed by atoms with van der Waals surface area (Å²) >= 11 is 0. The first kappa shape index (κ1) is 20.5. The van der Waals surface area contributed by atoms with Crippen molar-refractivity contribution in [3.05, 3.63) is 95.3 Å². The fourth-order valence-corrected chi connectivity index (χ4v) is 3.84.